The first-order valence-electron chi connectivity index (χ1n) is 4.21. The van der Waals surface area contributed by atoms with Crippen LogP contribution in [0.3, 0.4) is 0 Å². The highest BCUT2D eigenvalue weighted by molar-refractivity contribution is 8.07. The summed E-state index contributed by atoms with van der Waals surface area (Å²) in [7, 11) is -11.2. The van der Waals surface area contributed by atoms with E-state index in [0.717, 1.165) is 10.7 Å². The Morgan fingerprint density at radius 3 is 1.59 bits per heavy atom. The van der Waals surface area contributed by atoms with Gasteiger partial charge in [-0.25, -0.2) is 21.4 Å². The van der Waals surface area contributed by atoms with E-state index in [9.17, 15) is 24.6 Å². The molecule has 0 radical (unpaired) electrons. The van der Waals surface area contributed by atoms with Gasteiger partial charge in [-0.3, -0.25) is 0 Å². The molecule has 17 heavy (non-hydrogen) atoms. The lowest BCUT2D eigenvalue weighted by Gasteiger charge is -2.03. The summed E-state index contributed by atoms with van der Waals surface area (Å²) in [5.74, 6) is 0. The molecule has 0 saturated heterocycles. The number of aryl methyl sites for hydroxylation is 1. The molecule has 0 fully saturated rings. The molecule has 1 heterocycles. The van der Waals surface area contributed by atoms with Crippen molar-refractivity contribution in [3.63, 3.8) is 0 Å². The predicted octanol–water partition coefficient (Wildman–Crippen LogP) is 0.783. The summed E-state index contributed by atoms with van der Waals surface area (Å²) >= 11 is 0. The summed E-state index contributed by atoms with van der Waals surface area (Å²) in [5.41, 5.74) is 0. The summed E-state index contributed by atoms with van der Waals surface area (Å²) in [4.78, 5) is 0. The number of nitrogens with zero attached hydrogens (tertiary/aromatic N) is 2. The zero-order valence-corrected chi connectivity index (χ0v) is 10.3. The van der Waals surface area contributed by atoms with Crippen molar-refractivity contribution in [1.82, 2.24) is 0 Å². The molecule has 0 N–H and O–H groups in total. The molecule has 0 aromatic carbocycles. The van der Waals surface area contributed by atoms with Gasteiger partial charge in [0.25, 0.3) is 0 Å². The fourth-order valence-electron chi connectivity index (χ4n) is 0.751. The van der Waals surface area contributed by atoms with Crippen LogP contribution in [-0.4, -0.2) is 16.8 Å². The van der Waals surface area contributed by atoms with Crippen LogP contribution in [0.1, 0.15) is 6.92 Å². The first-order valence-corrected chi connectivity index (χ1v) is 6.89. The summed E-state index contributed by atoms with van der Waals surface area (Å²) in [6.07, 6.45) is 4.11. The minimum absolute atomic E-state index is 1.06. The first kappa shape index (κ1) is 15.9. The molecule has 0 aliphatic rings. The van der Waals surface area contributed by atoms with E-state index in [1.165, 1.54) is 0 Å². The van der Waals surface area contributed by atoms with E-state index in [-0.39, 0.29) is 0 Å². The van der Waals surface area contributed by atoms with Crippen molar-refractivity contribution in [3.05, 3.63) is 34.7 Å². The standard InChI is InChI=1S/C7H10N.F2NO4S2/c1-2-8-6-4-3-5-7-8;1-8(4,5)3-9(2,6)7/h3-7H,2H2,1H3;/q+1;-1. The van der Waals surface area contributed by atoms with Crippen molar-refractivity contribution >= 4 is 20.8 Å². The summed E-state index contributed by atoms with van der Waals surface area (Å²) in [6.45, 7) is 3.18. The van der Waals surface area contributed by atoms with Crippen LogP contribution in [0.2, 0.25) is 0 Å². The van der Waals surface area contributed by atoms with Crippen LogP contribution in [0, 0.1) is 0 Å². The van der Waals surface area contributed by atoms with Gasteiger partial charge in [0.15, 0.2) is 12.4 Å². The van der Waals surface area contributed by atoms with E-state index in [0.29, 0.717) is 0 Å². The average Bonchev–Trinajstić information content (AvgIpc) is 2.14. The van der Waals surface area contributed by atoms with Gasteiger partial charge in [0, 0.05) is 12.1 Å². The highest BCUT2D eigenvalue weighted by atomic mass is 32.3. The summed E-state index contributed by atoms with van der Waals surface area (Å²) in [5, 5.41) is 0. The number of aromatic nitrogens is 1. The Bertz CT molecular complexity index is 500. The van der Waals surface area contributed by atoms with Crippen molar-refractivity contribution in [2.75, 3.05) is 0 Å². The second-order valence-corrected chi connectivity index (χ2v) is 4.85. The highest BCUT2D eigenvalue weighted by Gasteiger charge is 2.01. The van der Waals surface area contributed by atoms with E-state index in [2.05, 4.69) is 23.9 Å². The Kier molecular flexibility index (Phi) is 6.13. The third kappa shape index (κ3) is 11.1. The Morgan fingerprint density at radius 1 is 1.00 bits per heavy atom. The van der Waals surface area contributed by atoms with E-state index in [4.69, 9.17) is 0 Å². The number of rotatable bonds is 3. The van der Waals surface area contributed by atoms with Gasteiger partial charge >= 0.3 is 0 Å². The number of hydrogen-bond donors (Lipinski definition) is 0. The van der Waals surface area contributed by atoms with Gasteiger partial charge in [-0.15, -0.1) is 7.77 Å². The average molecular weight is 288 g/mol. The fourth-order valence-corrected chi connectivity index (χ4v) is 1.60. The molecule has 0 atom stereocenters. The maximum absolute atomic E-state index is 11.1. The van der Waals surface area contributed by atoms with Crippen molar-refractivity contribution in [2.24, 2.45) is 0 Å². The van der Waals surface area contributed by atoms with Gasteiger partial charge in [-0.05, 0) is 6.92 Å². The first-order chi connectivity index (χ1) is 7.64. The number of pyridine rings is 1. The van der Waals surface area contributed by atoms with Crippen LogP contribution in [0.4, 0.5) is 7.77 Å². The second-order valence-electron chi connectivity index (χ2n) is 2.60. The topological polar surface area (TPSA) is 86.3 Å². The zero-order chi connectivity index (χ0) is 13.5. The van der Waals surface area contributed by atoms with Crippen molar-refractivity contribution in [1.29, 1.82) is 0 Å². The van der Waals surface area contributed by atoms with Gasteiger partial charge in [0.2, 0.25) is 20.8 Å². The minimum atomic E-state index is -5.62. The van der Waals surface area contributed by atoms with Crippen molar-refractivity contribution < 1.29 is 29.2 Å². The largest absolute Gasteiger partial charge is 0.379 e. The lowest BCUT2D eigenvalue weighted by molar-refractivity contribution is -0.693. The van der Waals surface area contributed by atoms with Gasteiger partial charge in [0.05, 0.1) is 0 Å². The molecule has 1 rings (SSSR count). The van der Waals surface area contributed by atoms with Crippen LogP contribution < -0.4 is 4.57 Å². The Labute approximate surface area is 98.6 Å². The lowest BCUT2D eigenvalue weighted by Crippen LogP contribution is -2.30. The summed E-state index contributed by atoms with van der Waals surface area (Å²) < 4.78 is 62.2. The Morgan fingerprint density at radius 2 is 1.41 bits per heavy atom. The zero-order valence-electron chi connectivity index (χ0n) is 8.69. The van der Waals surface area contributed by atoms with E-state index in [1.807, 2.05) is 18.2 Å². The SMILES string of the molecule is CC[n+]1ccccc1.O=S(=O)(F)[N-]S(=O)(=O)F. The molecule has 0 spiro atoms. The maximum atomic E-state index is 11.1. The molecule has 10 heteroatoms. The van der Waals surface area contributed by atoms with Crippen molar-refractivity contribution in [2.45, 2.75) is 13.5 Å². The quantitative estimate of drug-likeness (QED) is 0.607. The van der Waals surface area contributed by atoms with Crippen LogP contribution in [0.15, 0.2) is 30.6 Å². The molecule has 0 bridgehead atoms. The summed E-state index contributed by atoms with van der Waals surface area (Å²) in [6, 6.07) is 6.08. The van der Waals surface area contributed by atoms with Crippen LogP contribution in [-0.2, 0) is 27.4 Å². The van der Waals surface area contributed by atoms with E-state index >= 15 is 0 Å². The monoisotopic (exact) mass is 288 g/mol. The molecule has 1 aromatic rings. The van der Waals surface area contributed by atoms with E-state index in [1.54, 1.807) is 0 Å². The molecule has 0 saturated carbocycles. The molecule has 0 aliphatic carbocycles. The molecular weight excluding hydrogens is 278 g/mol. The Balaban J connectivity index is 0.000000302. The molecule has 0 amide bonds. The lowest BCUT2D eigenvalue weighted by atomic mass is 10.5. The van der Waals surface area contributed by atoms with Gasteiger partial charge in [0.1, 0.15) is 6.54 Å². The van der Waals surface area contributed by atoms with Crippen LogP contribution in [0.25, 0.3) is 4.13 Å². The molecule has 0 unspecified atom stereocenters. The second kappa shape index (κ2) is 6.57. The van der Waals surface area contributed by atoms with Gasteiger partial charge in [-0.2, -0.15) is 0 Å². The molecule has 98 valence electrons. The van der Waals surface area contributed by atoms with Crippen LogP contribution >= 0.6 is 0 Å². The van der Waals surface area contributed by atoms with Gasteiger partial charge in [-0.1, -0.05) is 6.07 Å². The third-order valence-corrected chi connectivity index (χ3v) is 2.74. The third-order valence-electron chi connectivity index (χ3n) is 1.32. The number of hydrogen-bond acceptors (Lipinski definition) is 4. The van der Waals surface area contributed by atoms with Gasteiger partial charge < -0.3 is 4.13 Å². The predicted molar refractivity (Wildman–Crippen MR) is 55.7 cm³/mol. The smallest absolute Gasteiger partial charge is 0.241 e. The molecule has 6 nitrogen and oxygen atoms in total. The minimum Gasteiger partial charge on any atom is -0.379 e. The van der Waals surface area contributed by atoms with Crippen LogP contribution in [0.5, 0.6) is 0 Å². The Hall–Kier alpha value is -1.13. The fraction of sp³-hybridized carbons (Fsp3) is 0.286. The number of halogens is 2. The maximum Gasteiger partial charge on any atom is 0.241 e. The molecule has 1 aromatic heterocycles. The van der Waals surface area contributed by atoms with E-state index < -0.39 is 20.8 Å². The normalized spacial score (nSPS) is 11.5. The molecule has 0 aliphatic heterocycles. The van der Waals surface area contributed by atoms with Crippen molar-refractivity contribution in [3.8, 4) is 0 Å². The highest BCUT2D eigenvalue weighted by Crippen LogP contribution is 2.11. The molecular formula is C7H10F2N2O4S2.